The van der Waals surface area contributed by atoms with E-state index in [2.05, 4.69) is 4.98 Å². The summed E-state index contributed by atoms with van der Waals surface area (Å²) >= 11 is 0. The summed E-state index contributed by atoms with van der Waals surface area (Å²) in [4.78, 5) is 17.0. The van der Waals surface area contributed by atoms with Crippen molar-refractivity contribution in [3.05, 3.63) is 23.9 Å². The van der Waals surface area contributed by atoms with Gasteiger partial charge in [-0.05, 0) is 19.1 Å². The molecule has 0 aromatic carbocycles. The number of rotatable bonds is 1. The number of Topliss-reactive ketones (excluding diaryl/α,β-unsaturated/α-hetero) is 1. The molecule has 1 aromatic rings. The van der Waals surface area contributed by atoms with Crippen molar-refractivity contribution in [3.63, 3.8) is 0 Å². The number of aryl methyl sites for hydroxylation is 1. The van der Waals surface area contributed by atoms with Crippen molar-refractivity contribution in [3.8, 4) is 0 Å². The molecular weight excluding hydrogens is 152 g/mol. The van der Waals surface area contributed by atoms with E-state index in [0.29, 0.717) is 18.9 Å². The lowest BCUT2D eigenvalue weighted by molar-refractivity contribution is -0.119. The average molecular weight is 162 g/mol. The first-order valence-corrected chi connectivity index (χ1v) is 3.96. The molecule has 12 heavy (non-hydrogen) atoms. The number of anilines is 1. The van der Waals surface area contributed by atoms with E-state index in [0.717, 1.165) is 11.5 Å². The molecular formula is C9H10N2O. The van der Waals surface area contributed by atoms with Gasteiger partial charge in [-0.1, -0.05) is 6.07 Å². The zero-order chi connectivity index (χ0) is 8.55. The van der Waals surface area contributed by atoms with Crippen molar-refractivity contribution < 1.29 is 4.79 Å². The SMILES string of the molecule is Cc1cccc(N2CC(=O)C2)n1. The Morgan fingerprint density at radius 1 is 1.42 bits per heavy atom. The third-order valence-corrected chi connectivity index (χ3v) is 1.93. The van der Waals surface area contributed by atoms with Crippen molar-refractivity contribution in [2.24, 2.45) is 0 Å². The highest BCUT2D eigenvalue weighted by atomic mass is 16.1. The number of ketones is 1. The summed E-state index contributed by atoms with van der Waals surface area (Å²) in [5.74, 6) is 1.20. The molecule has 0 saturated carbocycles. The first-order chi connectivity index (χ1) is 5.75. The van der Waals surface area contributed by atoms with Crippen LogP contribution < -0.4 is 4.90 Å². The van der Waals surface area contributed by atoms with Crippen LogP contribution in [0.3, 0.4) is 0 Å². The van der Waals surface area contributed by atoms with Crippen molar-refractivity contribution >= 4 is 11.6 Å². The van der Waals surface area contributed by atoms with E-state index < -0.39 is 0 Å². The summed E-state index contributed by atoms with van der Waals surface area (Å²) in [6.45, 7) is 3.00. The Bertz CT molecular complexity index is 314. The molecule has 0 N–H and O–H groups in total. The molecule has 1 saturated heterocycles. The van der Waals surface area contributed by atoms with Gasteiger partial charge in [0.1, 0.15) is 5.82 Å². The molecule has 0 bridgehead atoms. The van der Waals surface area contributed by atoms with Gasteiger partial charge in [-0.3, -0.25) is 4.79 Å². The summed E-state index contributed by atoms with van der Waals surface area (Å²) in [5, 5.41) is 0. The molecule has 0 unspecified atom stereocenters. The van der Waals surface area contributed by atoms with Gasteiger partial charge in [0.15, 0.2) is 5.78 Å². The Kier molecular flexibility index (Phi) is 1.57. The molecule has 0 amide bonds. The molecule has 0 radical (unpaired) electrons. The molecule has 0 aliphatic carbocycles. The molecule has 1 fully saturated rings. The second-order valence-corrected chi connectivity index (χ2v) is 3.03. The lowest BCUT2D eigenvalue weighted by Gasteiger charge is -2.30. The number of pyridine rings is 1. The topological polar surface area (TPSA) is 33.2 Å². The Hall–Kier alpha value is -1.38. The van der Waals surface area contributed by atoms with Crippen LogP contribution in [0.5, 0.6) is 0 Å². The number of carbonyl (C=O) groups excluding carboxylic acids is 1. The highest BCUT2D eigenvalue weighted by Gasteiger charge is 2.24. The minimum atomic E-state index is 0.290. The average Bonchev–Trinajstić information content (AvgIpc) is 1.99. The first-order valence-electron chi connectivity index (χ1n) is 3.96. The van der Waals surface area contributed by atoms with E-state index in [9.17, 15) is 4.79 Å². The summed E-state index contributed by atoms with van der Waals surface area (Å²) in [6, 6.07) is 5.84. The van der Waals surface area contributed by atoms with E-state index in [-0.39, 0.29) is 0 Å². The number of carbonyl (C=O) groups is 1. The van der Waals surface area contributed by atoms with Gasteiger partial charge in [-0.15, -0.1) is 0 Å². The van der Waals surface area contributed by atoms with Crippen LogP contribution in [0.4, 0.5) is 5.82 Å². The van der Waals surface area contributed by atoms with Crippen LogP contribution in [-0.2, 0) is 4.79 Å². The molecule has 3 heteroatoms. The fraction of sp³-hybridized carbons (Fsp3) is 0.333. The molecule has 3 nitrogen and oxygen atoms in total. The van der Waals surface area contributed by atoms with Crippen LogP contribution >= 0.6 is 0 Å². The number of nitrogens with zero attached hydrogens (tertiary/aromatic N) is 2. The summed E-state index contributed by atoms with van der Waals surface area (Å²) in [6.07, 6.45) is 0. The van der Waals surface area contributed by atoms with Crippen LogP contribution in [0.15, 0.2) is 18.2 Å². The molecule has 2 heterocycles. The van der Waals surface area contributed by atoms with Crippen LogP contribution in [0.1, 0.15) is 5.69 Å². The molecule has 2 rings (SSSR count). The van der Waals surface area contributed by atoms with Gasteiger partial charge in [0, 0.05) is 5.69 Å². The molecule has 62 valence electrons. The second kappa shape index (κ2) is 2.59. The summed E-state index contributed by atoms with van der Waals surface area (Å²) in [7, 11) is 0. The van der Waals surface area contributed by atoms with E-state index in [1.165, 1.54) is 0 Å². The fourth-order valence-electron chi connectivity index (χ4n) is 1.25. The van der Waals surface area contributed by atoms with Crippen molar-refractivity contribution in [1.29, 1.82) is 0 Å². The van der Waals surface area contributed by atoms with E-state index in [1.54, 1.807) is 0 Å². The number of aromatic nitrogens is 1. The highest BCUT2D eigenvalue weighted by Crippen LogP contribution is 2.15. The maximum Gasteiger partial charge on any atom is 0.171 e. The van der Waals surface area contributed by atoms with Gasteiger partial charge in [0.25, 0.3) is 0 Å². The Morgan fingerprint density at radius 2 is 2.17 bits per heavy atom. The van der Waals surface area contributed by atoms with Crippen molar-refractivity contribution in [2.45, 2.75) is 6.92 Å². The maximum absolute atomic E-state index is 10.7. The van der Waals surface area contributed by atoms with Crippen molar-refractivity contribution in [2.75, 3.05) is 18.0 Å². The minimum absolute atomic E-state index is 0.290. The fourth-order valence-corrected chi connectivity index (χ4v) is 1.25. The predicted octanol–water partition coefficient (Wildman–Crippen LogP) is 0.779. The molecule has 1 aliphatic rings. The monoisotopic (exact) mass is 162 g/mol. The number of hydrogen-bond donors (Lipinski definition) is 0. The van der Waals surface area contributed by atoms with Gasteiger partial charge in [-0.2, -0.15) is 0 Å². The maximum atomic E-state index is 10.7. The smallest absolute Gasteiger partial charge is 0.171 e. The largest absolute Gasteiger partial charge is 0.342 e. The van der Waals surface area contributed by atoms with Crippen LogP contribution in [0.2, 0.25) is 0 Å². The zero-order valence-electron chi connectivity index (χ0n) is 6.95. The van der Waals surface area contributed by atoms with Crippen LogP contribution in [0, 0.1) is 6.92 Å². The predicted molar refractivity (Wildman–Crippen MR) is 46.2 cm³/mol. The minimum Gasteiger partial charge on any atom is -0.342 e. The van der Waals surface area contributed by atoms with Gasteiger partial charge < -0.3 is 4.90 Å². The van der Waals surface area contributed by atoms with Crippen LogP contribution in [-0.4, -0.2) is 23.9 Å². The highest BCUT2D eigenvalue weighted by molar-refractivity contribution is 5.94. The summed E-state index contributed by atoms with van der Waals surface area (Å²) < 4.78 is 0. The van der Waals surface area contributed by atoms with Crippen molar-refractivity contribution in [1.82, 2.24) is 4.98 Å². The van der Waals surface area contributed by atoms with E-state index in [4.69, 9.17) is 0 Å². The zero-order valence-corrected chi connectivity index (χ0v) is 6.95. The van der Waals surface area contributed by atoms with Gasteiger partial charge in [0.05, 0.1) is 13.1 Å². The second-order valence-electron chi connectivity index (χ2n) is 3.03. The standard InChI is InChI=1S/C9H10N2O/c1-7-3-2-4-9(10-7)11-5-8(12)6-11/h2-4H,5-6H2,1H3. The van der Waals surface area contributed by atoms with Gasteiger partial charge in [0.2, 0.25) is 0 Å². The van der Waals surface area contributed by atoms with Crippen LogP contribution in [0.25, 0.3) is 0 Å². The first kappa shape index (κ1) is 7.28. The Morgan fingerprint density at radius 3 is 2.75 bits per heavy atom. The number of hydrogen-bond acceptors (Lipinski definition) is 3. The van der Waals surface area contributed by atoms with E-state index in [1.807, 2.05) is 30.0 Å². The molecule has 0 atom stereocenters. The van der Waals surface area contributed by atoms with Gasteiger partial charge in [-0.25, -0.2) is 4.98 Å². The molecule has 0 spiro atoms. The molecule has 1 aliphatic heterocycles. The third-order valence-electron chi connectivity index (χ3n) is 1.93. The van der Waals surface area contributed by atoms with E-state index >= 15 is 0 Å². The third kappa shape index (κ3) is 1.18. The van der Waals surface area contributed by atoms with Gasteiger partial charge >= 0.3 is 0 Å². The quantitative estimate of drug-likeness (QED) is 0.611. The lowest BCUT2D eigenvalue weighted by Crippen LogP contribution is -2.47. The molecule has 1 aromatic heterocycles. The summed E-state index contributed by atoms with van der Waals surface area (Å²) in [5.41, 5.74) is 0.992. The Labute approximate surface area is 71.0 Å². The normalized spacial score (nSPS) is 16.1. The Balaban J connectivity index is 2.18. The lowest BCUT2D eigenvalue weighted by atomic mass is 10.2.